The summed E-state index contributed by atoms with van der Waals surface area (Å²) in [5, 5.41) is 19.7. The van der Waals surface area contributed by atoms with E-state index in [-0.39, 0.29) is 24.8 Å². The van der Waals surface area contributed by atoms with Crippen molar-refractivity contribution in [3.05, 3.63) is 59.9 Å². The number of benzene rings is 1. The highest BCUT2D eigenvalue weighted by Crippen LogP contribution is 2.08. The molecule has 0 radical (unpaired) electrons. The first-order chi connectivity index (χ1) is 14.9. The molecule has 2 aromatic heterocycles. The van der Waals surface area contributed by atoms with Crippen molar-refractivity contribution in [3.63, 3.8) is 0 Å². The summed E-state index contributed by atoms with van der Waals surface area (Å²) < 4.78 is 7.66. The molecule has 12 heteroatoms. The molecular weight excluding hydrogens is 406 g/mol. The fourth-order valence-electron chi connectivity index (χ4n) is 2.54. The van der Waals surface area contributed by atoms with Gasteiger partial charge in [-0.15, -0.1) is 5.10 Å². The van der Waals surface area contributed by atoms with Crippen molar-refractivity contribution in [1.29, 1.82) is 0 Å². The smallest absolute Gasteiger partial charge is 0.420 e. The molecule has 2 heterocycles. The zero-order valence-corrected chi connectivity index (χ0v) is 16.2. The second kappa shape index (κ2) is 10.0. The first-order valence-corrected chi connectivity index (χ1v) is 9.13. The topological polar surface area (TPSA) is 168 Å². The fourth-order valence-corrected chi connectivity index (χ4v) is 2.54. The largest absolute Gasteiger partial charge is 0.481 e. The summed E-state index contributed by atoms with van der Waals surface area (Å²) in [6.45, 7) is -0.188. The van der Waals surface area contributed by atoms with E-state index >= 15 is 0 Å². The van der Waals surface area contributed by atoms with Gasteiger partial charge in [0.1, 0.15) is 19.0 Å². The Hall–Kier alpha value is -4.19. The number of tetrazole rings is 1. The van der Waals surface area contributed by atoms with Crippen LogP contribution in [0.2, 0.25) is 0 Å². The number of rotatable bonds is 9. The highest BCUT2D eigenvalue weighted by atomic mass is 16.5. The Morgan fingerprint density at radius 2 is 1.90 bits per heavy atom. The van der Waals surface area contributed by atoms with Gasteiger partial charge in [-0.3, -0.25) is 9.59 Å². The van der Waals surface area contributed by atoms with Crippen LogP contribution in [0.15, 0.2) is 42.7 Å². The minimum absolute atomic E-state index is 0.109. The number of nitrogens with two attached hydrogens (primary N) is 1. The number of imidazole rings is 1. The molecule has 0 spiro atoms. The lowest BCUT2D eigenvalue weighted by atomic mass is 10.1. The van der Waals surface area contributed by atoms with Gasteiger partial charge in [-0.25, -0.2) is 19.0 Å². The van der Waals surface area contributed by atoms with Gasteiger partial charge in [-0.05, 0) is 28.1 Å². The van der Waals surface area contributed by atoms with Crippen LogP contribution >= 0.6 is 0 Å². The average Bonchev–Trinajstić information content (AvgIpc) is 3.40. The van der Waals surface area contributed by atoms with Crippen molar-refractivity contribution in [2.24, 2.45) is 5.73 Å². The molecule has 12 nitrogen and oxygen atoms in total. The Morgan fingerprint density at radius 1 is 1.16 bits per heavy atom. The van der Waals surface area contributed by atoms with Crippen molar-refractivity contribution in [2.75, 3.05) is 0 Å². The summed E-state index contributed by atoms with van der Waals surface area (Å²) in [5.74, 6) is -1.25. The van der Waals surface area contributed by atoms with E-state index in [1.165, 1.54) is 33.8 Å². The molecule has 1 atom stereocenters. The molecule has 0 aliphatic carbocycles. The predicted molar refractivity (Wildman–Crippen MR) is 106 cm³/mol. The van der Waals surface area contributed by atoms with Gasteiger partial charge in [0.2, 0.25) is 0 Å². The molecule has 0 amide bonds. The van der Waals surface area contributed by atoms with Gasteiger partial charge in [-0.1, -0.05) is 30.3 Å². The Labute approximate surface area is 175 Å². The van der Waals surface area contributed by atoms with Crippen LogP contribution in [0.5, 0.6) is 0 Å². The third-order valence-electron chi connectivity index (χ3n) is 4.13. The van der Waals surface area contributed by atoms with Gasteiger partial charge in [-0.2, -0.15) is 0 Å². The van der Waals surface area contributed by atoms with Crippen LogP contribution in [0.4, 0.5) is 4.79 Å². The van der Waals surface area contributed by atoms with Crippen LogP contribution in [-0.4, -0.2) is 58.8 Å². The monoisotopic (exact) mass is 425 g/mol. The number of Topliss-reactive ketones (excluding diaryl/α,β-unsaturated/α-hetero) is 1. The second-order valence-electron chi connectivity index (χ2n) is 6.39. The lowest BCUT2D eigenvalue weighted by Gasteiger charge is -2.08. The molecule has 3 N–H and O–H groups in total. The summed E-state index contributed by atoms with van der Waals surface area (Å²) in [4.78, 5) is 39.2. The molecule has 3 aromatic rings. The van der Waals surface area contributed by atoms with Crippen molar-refractivity contribution >= 4 is 30.0 Å². The summed E-state index contributed by atoms with van der Waals surface area (Å²) in [6.07, 6.45) is 4.71. The van der Waals surface area contributed by atoms with E-state index in [4.69, 9.17) is 15.6 Å². The first kappa shape index (κ1) is 21.5. The van der Waals surface area contributed by atoms with E-state index in [0.29, 0.717) is 0 Å². The van der Waals surface area contributed by atoms with Crippen molar-refractivity contribution in [1.82, 2.24) is 29.8 Å². The maximum Gasteiger partial charge on any atom is 0.420 e. The Bertz CT molecular complexity index is 1090. The maximum absolute atomic E-state index is 12.4. The Balaban J connectivity index is 1.65. The number of aliphatic carboxylic acids is 1. The minimum Gasteiger partial charge on any atom is -0.481 e. The Morgan fingerprint density at radius 3 is 2.65 bits per heavy atom. The molecule has 0 fully saturated rings. The summed E-state index contributed by atoms with van der Waals surface area (Å²) >= 11 is 0. The number of aromatic nitrogens is 6. The van der Waals surface area contributed by atoms with Crippen LogP contribution in [0, 0.1) is 0 Å². The molecule has 0 bridgehead atoms. The van der Waals surface area contributed by atoms with Crippen LogP contribution in [0.25, 0.3) is 12.2 Å². The number of hydrogen-bond acceptors (Lipinski definition) is 9. The average molecular weight is 425 g/mol. The molecule has 3 rings (SSSR count). The van der Waals surface area contributed by atoms with E-state index in [0.717, 1.165) is 5.56 Å². The first-order valence-electron chi connectivity index (χ1n) is 9.13. The number of carbonyl (C=O) groups excluding carboxylic acids is 2. The van der Waals surface area contributed by atoms with Crippen molar-refractivity contribution in [2.45, 2.75) is 25.6 Å². The molecule has 0 aliphatic heterocycles. The van der Waals surface area contributed by atoms with Gasteiger partial charge < -0.3 is 15.6 Å². The quantitative estimate of drug-likeness (QED) is 0.495. The van der Waals surface area contributed by atoms with Crippen LogP contribution in [-0.2, 0) is 27.5 Å². The van der Waals surface area contributed by atoms with E-state index in [2.05, 4.69) is 20.5 Å². The third-order valence-corrected chi connectivity index (χ3v) is 4.13. The number of carboxylic acid groups (broad SMARTS) is 1. The summed E-state index contributed by atoms with van der Waals surface area (Å²) in [6, 6.07) is 8.06. The van der Waals surface area contributed by atoms with E-state index < -0.39 is 30.3 Å². The number of carbonyl (C=O) groups is 3. The van der Waals surface area contributed by atoms with Crippen molar-refractivity contribution < 1.29 is 24.2 Å². The zero-order chi connectivity index (χ0) is 22.2. The summed E-state index contributed by atoms with van der Waals surface area (Å²) in [7, 11) is 0. The molecule has 160 valence electrons. The molecule has 0 aliphatic rings. The van der Waals surface area contributed by atoms with E-state index in [9.17, 15) is 14.4 Å². The number of ketones is 1. The highest BCUT2D eigenvalue weighted by molar-refractivity contribution is 5.87. The van der Waals surface area contributed by atoms with E-state index in [1.807, 2.05) is 30.3 Å². The molecule has 0 saturated heterocycles. The molecule has 0 saturated carbocycles. The second-order valence-corrected chi connectivity index (χ2v) is 6.39. The number of carboxylic acids is 1. The standard InChI is InChI=1S/C19H19N7O5/c20-14(10-18(28)29)15(27)11-26-17(22-23-24-26)7-6-16-21-8-9-25(16)19(30)31-12-13-4-2-1-3-5-13/h1-9,14H,10-12,20H2,(H,28,29)/b7-6+. The highest BCUT2D eigenvalue weighted by Gasteiger charge is 2.19. The van der Waals surface area contributed by atoms with E-state index in [1.54, 1.807) is 0 Å². The van der Waals surface area contributed by atoms with Gasteiger partial charge in [0.05, 0.1) is 12.5 Å². The van der Waals surface area contributed by atoms with Crippen molar-refractivity contribution in [3.8, 4) is 0 Å². The maximum atomic E-state index is 12.4. The van der Waals surface area contributed by atoms with Crippen LogP contribution in [0.3, 0.4) is 0 Å². The van der Waals surface area contributed by atoms with Gasteiger partial charge in [0.15, 0.2) is 11.6 Å². The van der Waals surface area contributed by atoms with Gasteiger partial charge in [0, 0.05) is 12.4 Å². The van der Waals surface area contributed by atoms with Gasteiger partial charge >= 0.3 is 12.1 Å². The lowest BCUT2D eigenvalue weighted by molar-refractivity contribution is -0.139. The van der Waals surface area contributed by atoms with Crippen LogP contribution in [0.1, 0.15) is 23.6 Å². The molecular formula is C19H19N7O5. The Kier molecular flexibility index (Phi) is 6.96. The number of nitrogens with zero attached hydrogens (tertiary/aromatic N) is 6. The summed E-state index contributed by atoms with van der Waals surface area (Å²) in [5.41, 5.74) is 6.41. The zero-order valence-electron chi connectivity index (χ0n) is 16.2. The normalized spacial score (nSPS) is 12.0. The number of hydrogen-bond donors (Lipinski definition) is 2. The van der Waals surface area contributed by atoms with Crippen LogP contribution < -0.4 is 5.73 Å². The lowest BCUT2D eigenvalue weighted by Crippen LogP contribution is -2.35. The van der Waals surface area contributed by atoms with Gasteiger partial charge in [0.25, 0.3) is 0 Å². The number of ether oxygens (including phenoxy) is 1. The minimum atomic E-state index is -1.18. The SMILES string of the molecule is NC(CC(=O)O)C(=O)Cn1nnnc1/C=C/c1nccn1C(=O)OCc1ccccc1. The molecule has 31 heavy (non-hydrogen) atoms. The molecule has 1 aromatic carbocycles. The molecule has 1 unspecified atom stereocenters. The third kappa shape index (κ3) is 5.90. The fraction of sp³-hybridized carbons (Fsp3) is 0.211. The predicted octanol–water partition coefficient (Wildman–Crippen LogP) is 0.596.